The van der Waals surface area contributed by atoms with E-state index < -0.39 is 11.7 Å². The van der Waals surface area contributed by atoms with Crippen LogP contribution in [0.25, 0.3) is 0 Å². The predicted molar refractivity (Wildman–Crippen MR) is 53.4 cm³/mol. The standard InChI is InChI=1S/C10H9ClF3N/c1-15-5-4-6-8(15)3-2-7(9(6)11)10(12,13)14/h2-3H,4-5H2,1H3. The number of halogens is 4. The second-order valence-corrected chi connectivity index (χ2v) is 3.97. The third-order valence-electron chi connectivity index (χ3n) is 2.63. The van der Waals surface area contributed by atoms with E-state index in [9.17, 15) is 13.2 Å². The zero-order valence-corrected chi connectivity index (χ0v) is 8.78. The fraction of sp³-hybridized carbons (Fsp3) is 0.400. The largest absolute Gasteiger partial charge is 0.417 e. The van der Waals surface area contributed by atoms with Crippen molar-refractivity contribution in [3.63, 3.8) is 0 Å². The third kappa shape index (κ3) is 1.67. The van der Waals surface area contributed by atoms with E-state index in [0.717, 1.165) is 18.3 Å². The molecule has 82 valence electrons. The van der Waals surface area contributed by atoms with Crippen LogP contribution in [0.15, 0.2) is 12.1 Å². The molecule has 1 heterocycles. The Balaban J connectivity index is 2.56. The lowest BCUT2D eigenvalue weighted by Gasteiger charge is -2.15. The number of benzene rings is 1. The van der Waals surface area contributed by atoms with Crippen LogP contribution in [0, 0.1) is 0 Å². The van der Waals surface area contributed by atoms with Crippen molar-refractivity contribution in [2.45, 2.75) is 12.6 Å². The molecule has 0 saturated carbocycles. The molecule has 0 spiro atoms. The Hall–Kier alpha value is -0.900. The van der Waals surface area contributed by atoms with Crippen LogP contribution >= 0.6 is 11.6 Å². The van der Waals surface area contributed by atoms with E-state index in [0.29, 0.717) is 12.0 Å². The molecule has 0 bridgehead atoms. The molecule has 0 fully saturated rings. The first-order valence-corrected chi connectivity index (χ1v) is 4.89. The molecule has 1 nitrogen and oxygen atoms in total. The topological polar surface area (TPSA) is 3.24 Å². The van der Waals surface area contributed by atoms with Gasteiger partial charge in [0.25, 0.3) is 0 Å². The molecule has 5 heteroatoms. The Morgan fingerprint density at radius 1 is 1.33 bits per heavy atom. The van der Waals surface area contributed by atoms with Gasteiger partial charge in [-0.15, -0.1) is 0 Å². The van der Waals surface area contributed by atoms with Crippen molar-refractivity contribution in [3.8, 4) is 0 Å². The maximum Gasteiger partial charge on any atom is 0.417 e. The smallest absolute Gasteiger partial charge is 0.374 e. The van der Waals surface area contributed by atoms with Gasteiger partial charge in [-0.05, 0) is 24.1 Å². The van der Waals surface area contributed by atoms with Crippen LogP contribution in [0.4, 0.5) is 18.9 Å². The van der Waals surface area contributed by atoms with Gasteiger partial charge < -0.3 is 4.90 Å². The molecule has 0 aromatic heterocycles. The monoisotopic (exact) mass is 235 g/mol. The van der Waals surface area contributed by atoms with E-state index in [1.165, 1.54) is 6.07 Å². The van der Waals surface area contributed by atoms with Crippen LogP contribution in [-0.4, -0.2) is 13.6 Å². The number of hydrogen-bond acceptors (Lipinski definition) is 1. The molecule has 2 rings (SSSR count). The summed E-state index contributed by atoms with van der Waals surface area (Å²) in [5, 5.41) is -0.149. The van der Waals surface area contributed by atoms with Gasteiger partial charge in [-0.25, -0.2) is 0 Å². The summed E-state index contributed by atoms with van der Waals surface area (Å²) >= 11 is 5.76. The zero-order chi connectivity index (χ0) is 11.2. The van der Waals surface area contributed by atoms with Gasteiger partial charge in [-0.3, -0.25) is 0 Å². The molecular formula is C10H9ClF3N. The molecule has 1 aliphatic heterocycles. The fourth-order valence-electron chi connectivity index (χ4n) is 1.83. The highest BCUT2D eigenvalue weighted by molar-refractivity contribution is 6.32. The molecule has 1 aliphatic rings. The highest BCUT2D eigenvalue weighted by atomic mass is 35.5. The third-order valence-corrected chi connectivity index (χ3v) is 3.06. The van der Waals surface area contributed by atoms with Crippen LogP contribution in [-0.2, 0) is 12.6 Å². The molecule has 0 atom stereocenters. The van der Waals surface area contributed by atoms with Crippen LogP contribution in [0.2, 0.25) is 5.02 Å². The molecule has 15 heavy (non-hydrogen) atoms. The number of hydrogen-bond donors (Lipinski definition) is 0. The lowest BCUT2D eigenvalue weighted by molar-refractivity contribution is -0.137. The van der Waals surface area contributed by atoms with Crippen LogP contribution in [0.1, 0.15) is 11.1 Å². The molecule has 1 aromatic rings. The van der Waals surface area contributed by atoms with Crippen molar-refractivity contribution in [3.05, 3.63) is 28.3 Å². The van der Waals surface area contributed by atoms with Crippen molar-refractivity contribution in [1.82, 2.24) is 0 Å². The summed E-state index contributed by atoms with van der Waals surface area (Å²) in [6.07, 6.45) is -3.79. The zero-order valence-electron chi connectivity index (χ0n) is 8.03. The molecule has 0 saturated heterocycles. The molecule has 0 radical (unpaired) electrons. The average Bonchev–Trinajstić information content (AvgIpc) is 2.47. The minimum absolute atomic E-state index is 0.149. The first-order chi connectivity index (χ1) is 6.91. The minimum Gasteiger partial charge on any atom is -0.374 e. The average molecular weight is 236 g/mol. The van der Waals surface area contributed by atoms with E-state index >= 15 is 0 Å². The van der Waals surface area contributed by atoms with Crippen molar-refractivity contribution < 1.29 is 13.2 Å². The Bertz CT molecular complexity index is 400. The molecule has 0 N–H and O–H groups in total. The van der Waals surface area contributed by atoms with Crippen LogP contribution in [0.3, 0.4) is 0 Å². The Labute approximate surface area is 90.4 Å². The first kappa shape index (κ1) is 10.6. The predicted octanol–water partition coefficient (Wildman–Crippen LogP) is 3.35. The van der Waals surface area contributed by atoms with Crippen LogP contribution in [0.5, 0.6) is 0 Å². The van der Waals surface area contributed by atoms with E-state index in [1.807, 2.05) is 11.9 Å². The van der Waals surface area contributed by atoms with Gasteiger partial charge in [0.2, 0.25) is 0 Å². The van der Waals surface area contributed by atoms with E-state index in [1.54, 1.807) is 0 Å². The van der Waals surface area contributed by atoms with Gasteiger partial charge in [0.15, 0.2) is 0 Å². The molecule has 1 aromatic carbocycles. The van der Waals surface area contributed by atoms with Crippen molar-refractivity contribution in [2.24, 2.45) is 0 Å². The summed E-state index contributed by atoms with van der Waals surface area (Å²) in [5.74, 6) is 0. The molecular weight excluding hydrogens is 227 g/mol. The number of alkyl halides is 3. The second kappa shape index (κ2) is 3.30. The van der Waals surface area contributed by atoms with Gasteiger partial charge in [-0.1, -0.05) is 11.6 Å². The highest BCUT2D eigenvalue weighted by Gasteiger charge is 2.35. The van der Waals surface area contributed by atoms with Gasteiger partial charge in [0, 0.05) is 19.3 Å². The number of rotatable bonds is 0. The summed E-state index contributed by atoms with van der Waals surface area (Å²) in [4.78, 5) is 1.90. The first-order valence-electron chi connectivity index (χ1n) is 4.51. The second-order valence-electron chi connectivity index (χ2n) is 3.59. The number of fused-ring (bicyclic) bond motifs is 1. The van der Waals surface area contributed by atoms with Gasteiger partial charge in [0.1, 0.15) is 0 Å². The van der Waals surface area contributed by atoms with Crippen molar-refractivity contribution >= 4 is 17.3 Å². The minimum atomic E-state index is -4.37. The lowest BCUT2D eigenvalue weighted by Crippen LogP contribution is -2.12. The maximum atomic E-state index is 12.5. The van der Waals surface area contributed by atoms with Crippen molar-refractivity contribution in [2.75, 3.05) is 18.5 Å². The van der Waals surface area contributed by atoms with Crippen LogP contribution < -0.4 is 4.90 Å². The lowest BCUT2D eigenvalue weighted by atomic mass is 10.1. The van der Waals surface area contributed by atoms with Gasteiger partial charge in [-0.2, -0.15) is 13.2 Å². The quantitative estimate of drug-likeness (QED) is 0.667. The van der Waals surface area contributed by atoms with Crippen molar-refractivity contribution in [1.29, 1.82) is 0 Å². The SMILES string of the molecule is CN1CCc2c1ccc(C(F)(F)F)c2Cl. The maximum absolute atomic E-state index is 12.5. The fourth-order valence-corrected chi connectivity index (χ4v) is 2.19. The summed E-state index contributed by atoms with van der Waals surface area (Å²) in [7, 11) is 1.84. The Kier molecular flexibility index (Phi) is 2.34. The number of nitrogens with zero attached hydrogens (tertiary/aromatic N) is 1. The number of likely N-dealkylation sites (N-methyl/N-ethyl adjacent to an activating group) is 1. The molecule has 0 aliphatic carbocycles. The summed E-state index contributed by atoms with van der Waals surface area (Å²) in [6.45, 7) is 0.719. The highest BCUT2D eigenvalue weighted by Crippen LogP contribution is 2.41. The normalized spacial score (nSPS) is 15.7. The van der Waals surface area contributed by atoms with Gasteiger partial charge in [0.05, 0.1) is 10.6 Å². The summed E-state index contributed by atoms with van der Waals surface area (Å²) in [6, 6.07) is 2.53. The molecule has 0 unspecified atom stereocenters. The van der Waals surface area contributed by atoms with E-state index in [4.69, 9.17) is 11.6 Å². The summed E-state index contributed by atoms with van der Waals surface area (Å²) < 4.78 is 37.5. The van der Waals surface area contributed by atoms with Gasteiger partial charge >= 0.3 is 6.18 Å². The Morgan fingerprint density at radius 2 is 2.00 bits per heavy atom. The van der Waals surface area contributed by atoms with E-state index in [2.05, 4.69) is 0 Å². The number of anilines is 1. The Morgan fingerprint density at radius 3 is 2.60 bits per heavy atom. The van der Waals surface area contributed by atoms with E-state index in [-0.39, 0.29) is 5.02 Å². The summed E-state index contributed by atoms with van der Waals surface area (Å²) in [5.41, 5.74) is 0.667. The molecule has 0 amide bonds.